The largest absolute Gasteiger partial charge is 0.313 e. The predicted molar refractivity (Wildman–Crippen MR) is 197 cm³/mol. The lowest BCUT2D eigenvalue weighted by atomic mass is 9.94. The van der Waals surface area contributed by atoms with Crippen LogP contribution in [0.4, 0.5) is 0 Å². The minimum Gasteiger partial charge on any atom is -0.313 e. The number of aromatic nitrogens is 2. The molecule has 8 rings (SSSR count). The number of para-hydroxylation sites is 3. The summed E-state index contributed by atoms with van der Waals surface area (Å²) in [5.41, 5.74) is 12.2. The van der Waals surface area contributed by atoms with Crippen molar-refractivity contribution in [3.8, 4) is 51.8 Å². The zero-order valence-electron chi connectivity index (χ0n) is 26.6. The highest BCUT2D eigenvalue weighted by Gasteiger charge is 2.19. The van der Waals surface area contributed by atoms with Crippen molar-refractivity contribution in [2.75, 3.05) is 0 Å². The molecule has 8 aromatic rings. The van der Waals surface area contributed by atoms with Gasteiger partial charge in [-0.05, 0) is 78.2 Å². The quantitative estimate of drug-likeness (QED) is 0.178. The summed E-state index contributed by atoms with van der Waals surface area (Å²) in [4.78, 5) is 0. The standard InChI is InChI=1S/C44H27N5/c1-28(25-45)44-29(2)48(42-14-8-5-11-38(42)44)34-19-16-31(17-20-34)35-21-18-32(24-33(35)27-47)36-9-3-6-12-40(36)49-41-13-7-4-10-37(41)39-23-30(26-46)15-22-43(39)49/h3-24H,1H2,2H3. The monoisotopic (exact) mass is 625 g/mol. The lowest BCUT2D eigenvalue weighted by molar-refractivity contribution is 1.05. The first-order valence-corrected chi connectivity index (χ1v) is 15.9. The third-order valence-electron chi connectivity index (χ3n) is 9.38. The highest BCUT2D eigenvalue weighted by molar-refractivity contribution is 6.10. The molecule has 0 saturated carbocycles. The highest BCUT2D eigenvalue weighted by atomic mass is 15.0. The van der Waals surface area contributed by atoms with Crippen LogP contribution >= 0.6 is 0 Å². The van der Waals surface area contributed by atoms with Crippen LogP contribution in [0, 0.1) is 40.9 Å². The van der Waals surface area contributed by atoms with E-state index in [9.17, 15) is 15.8 Å². The van der Waals surface area contributed by atoms with Crippen LogP contribution in [0.1, 0.15) is 22.4 Å². The van der Waals surface area contributed by atoms with E-state index in [4.69, 9.17) is 0 Å². The zero-order valence-corrected chi connectivity index (χ0v) is 26.6. The summed E-state index contributed by atoms with van der Waals surface area (Å²) in [6, 6.07) is 51.5. The highest BCUT2D eigenvalue weighted by Crippen LogP contribution is 2.38. The SMILES string of the molecule is C=C(C#N)c1c(C)n(-c2ccc(-c3ccc(-c4ccccc4-n4c5ccccc5c5cc(C#N)ccc54)cc3C#N)cc2)c2ccccc12. The Labute approximate surface area is 283 Å². The fraction of sp³-hybridized carbons (Fsp3) is 0.0227. The molecule has 5 heteroatoms. The zero-order chi connectivity index (χ0) is 33.6. The van der Waals surface area contributed by atoms with Gasteiger partial charge in [-0.1, -0.05) is 85.4 Å². The van der Waals surface area contributed by atoms with Crippen LogP contribution in [-0.2, 0) is 0 Å². The molecule has 0 amide bonds. The van der Waals surface area contributed by atoms with Gasteiger partial charge >= 0.3 is 0 Å². The fourth-order valence-corrected chi connectivity index (χ4v) is 7.20. The van der Waals surface area contributed by atoms with Crippen molar-refractivity contribution in [3.05, 3.63) is 162 Å². The Kier molecular flexibility index (Phi) is 6.93. The Bertz CT molecular complexity index is 2770. The van der Waals surface area contributed by atoms with Crippen molar-refractivity contribution in [3.63, 3.8) is 0 Å². The Hall–Kier alpha value is -7.13. The van der Waals surface area contributed by atoms with Gasteiger partial charge in [-0.15, -0.1) is 0 Å². The minimum absolute atomic E-state index is 0.440. The summed E-state index contributed by atoms with van der Waals surface area (Å²) in [5, 5.41) is 32.7. The average Bonchev–Trinajstić information content (AvgIpc) is 3.65. The van der Waals surface area contributed by atoms with E-state index < -0.39 is 0 Å². The molecule has 5 nitrogen and oxygen atoms in total. The van der Waals surface area contributed by atoms with E-state index in [-0.39, 0.29) is 0 Å². The average molecular weight is 626 g/mol. The lowest BCUT2D eigenvalue weighted by Gasteiger charge is -2.15. The number of allylic oxidation sites excluding steroid dienone is 1. The van der Waals surface area contributed by atoms with Gasteiger partial charge in [0.25, 0.3) is 0 Å². The van der Waals surface area contributed by atoms with Crippen LogP contribution in [-0.4, -0.2) is 9.13 Å². The van der Waals surface area contributed by atoms with Gasteiger partial charge in [0.05, 0.1) is 57.1 Å². The van der Waals surface area contributed by atoms with Crippen LogP contribution in [0.25, 0.3) is 71.9 Å². The summed E-state index contributed by atoms with van der Waals surface area (Å²) in [6.07, 6.45) is 0. The van der Waals surface area contributed by atoms with Crippen molar-refractivity contribution in [2.24, 2.45) is 0 Å². The molecule has 2 heterocycles. The van der Waals surface area contributed by atoms with E-state index >= 15 is 0 Å². The van der Waals surface area contributed by atoms with Gasteiger partial charge in [0.2, 0.25) is 0 Å². The summed E-state index contributed by atoms with van der Waals surface area (Å²) in [7, 11) is 0. The minimum atomic E-state index is 0.440. The maximum Gasteiger partial charge on any atom is 0.0998 e. The molecule has 228 valence electrons. The fourth-order valence-electron chi connectivity index (χ4n) is 7.20. The second-order valence-electron chi connectivity index (χ2n) is 12.0. The van der Waals surface area contributed by atoms with Gasteiger partial charge in [0.1, 0.15) is 0 Å². The summed E-state index contributed by atoms with van der Waals surface area (Å²) in [5.74, 6) is 0. The molecule has 0 aliphatic carbocycles. The van der Waals surface area contributed by atoms with Gasteiger partial charge in [0, 0.05) is 38.7 Å². The number of hydrogen-bond donors (Lipinski definition) is 0. The van der Waals surface area contributed by atoms with Gasteiger partial charge in [-0.3, -0.25) is 0 Å². The topological polar surface area (TPSA) is 81.2 Å². The lowest BCUT2D eigenvalue weighted by Crippen LogP contribution is -1.98. The molecule has 0 N–H and O–H groups in total. The summed E-state index contributed by atoms with van der Waals surface area (Å²) >= 11 is 0. The molecule has 0 atom stereocenters. The van der Waals surface area contributed by atoms with Gasteiger partial charge < -0.3 is 9.13 Å². The molecule has 2 aromatic heterocycles. The summed E-state index contributed by atoms with van der Waals surface area (Å²) < 4.78 is 4.39. The van der Waals surface area contributed by atoms with Crippen molar-refractivity contribution in [1.82, 2.24) is 9.13 Å². The third-order valence-corrected chi connectivity index (χ3v) is 9.38. The second kappa shape index (κ2) is 11.6. The van der Waals surface area contributed by atoms with Gasteiger partial charge in [-0.2, -0.15) is 15.8 Å². The molecule has 0 radical (unpaired) electrons. The van der Waals surface area contributed by atoms with E-state index in [2.05, 4.69) is 82.5 Å². The van der Waals surface area contributed by atoms with Crippen molar-refractivity contribution in [2.45, 2.75) is 6.92 Å². The van der Waals surface area contributed by atoms with Crippen LogP contribution in [0.15, 0.2) is 140 Å². The predicted octanol–water partition coefficient (Wildman–Crippen LogP) is 10.7. The molecular weight excluding hydrogens is 599 g/mol. The summed E-state index contributed by atoms with van der Waals surface area (Å²) in [6.45, 7) is 6.01. The number of nitrogens with zero attached hydrogens (tertiary/aromatic N) is 5. The van der Waals surface area contributed by atoms with Gasteiger partial charge in [0.15, 0.2) is 0 Å². The van der Waals surface area contributed by atoms with E-state index in [1.165, 1.54) is 0 Å². The van der Waals surface area contributed by atoms with Crippen LogP contribution in [0.2, 0.25) is 0 Å². The number of rotatable bonds is 5. The molecule has 0 unspecified atom stereocenters. The molecule has 0 aliphatic heterocycles. The molecule has 0 aliphatic rings. The first-order valence-electron chi connectivity index (χ1n) is 15.9. The Balaban J connectivity index is 1.22. The van der Waals surface area contributed by atoms with E-state index in [0.29, 0.717) is 16.7 Å². The number of fused-ring (bicyclic) bond motifs is 4. The van der Waals surface area contributed by atoms with E-state index in [0.717, 1.165) is 77.6 Å². The molecule has 0 saturated heterocycles. The van der Waals surface area contributed by atoms with Gasteiger partial charge in [-0.25, -0.2) is 0 Å². The van der Waals surface area contributed by atoms with Crippen molar-refractivity contribution in [1.29, 1.82) is 15.8 Å². The molecule has 6 aromatic carbocycles. The van der Waals surface area contributed by atoms with Crippen LogP contribution < -0.4 is 0 Å². The Morgan fingerprint density at radius 3 is 1.96 bits per heavy atom. The van der Waals surface area contributed by atoms with E-state index in [1.54, 1.807) is 0 Å². The maximum absolute atomic E-state index is 10.4. The first kappa shape index (κ1) is 29.3. The van der Waals surface area contributed by atoms with Crippen molar-refractivity contribution < 1.29 is 0 Å². The van der Waals surface area contributed by atoms with Crippen LogP contribution in [0.3, 0.4) is 0 Å². The number of nitriles is 3. The number of hydrogen-bond acceptors (Lipinski definition) is 3. The third kappa shape index (κ3) is 4.60. The van der Waals surface area contributed by atoms with Crippen molar-refractivity contribution >= 4 is 38.3 Å². The maximum atomic E-state index is 10.4. The first-order chi connectivity index (χ1) is 24.0. The van der Waals surface area contributed by atoms with Crippen LogP contribution in [0.5, 0.6) is 0 Å². The Morgan fingerprint density at radius 2 is 1.22 bits per heavy atom. The smallest absolute Gasteiger partial charge is 0.0998 e. The Morgan fingerprint density at radius 1 is 0.571 bits per heavy atom. The molecular formula is C44H27N5. The molecule has 0 bridgehead atoms. The molecule has 0 spiro atoms. The molecule has 49 heavy (non-hydrogen) atoms. The van der Waals surface area contributed by atoms with E-state index in [1.807, 2.05) is 91.9 Å². The molecule has 0 fully saturated rings. The second-order valence-corrected chi connectivity index (χ2v) is 12.0. The number of benzene rings is 6. The normalized spacial score (nSPS) is 11.0.